The van der Waals surface area contributed by atoms with Crippen molar-refractivity contribution in [3.05, 3.63) is 23.8 Å². The van der Waals surface area contributed by atoms with Gasteiger partial charge in [0.25, 0.3) is 0 Å². The molecule has 2 atom stereocenters. The molecule has 1 saturated heterocycles. The summed E-state index contributed by atoms with van der Waals surface area (Å²) in [5.74, 6) is 0.652. The Kier molecular flexibility index (Phi) is 11.2. The van der Waals surface area contributed by atoms with E-state index in [2.05, 4.69) is 29.7 Å². The highest BCUT2D eigenvalue weighted by atomic mass is 16.5. The van der Waals surface area contributed by atoms with Crippen LogP contribution in [0.4, 0.5) is 11.4 Å². The van der Waals surface area contributed by atoms with Crippen molar-refractivity contribution < 1.29 is 9.53 Å². The van der Waals surface area contributed by atoms with Crippen LogP contribution in [0.2, 0.25) is 0 Å². The number of hydrogen-bond acceptors (Lipinski definition) is 3. The van der Waals surface area contributed by atoms with Crippen LogP contribution in [0.3, 0.4) is 0 Å². The second-order valence-corrected chi connectivity index (χ2v) is 8.15. The summed E-state index contributed by atoms with van der Waals surface area (Å²) in [7, 11) is 0. The molecule has 0 aromatic heterocycles. The molecule has 2 unspecified atom stereocenters. The van der Waals surface area contributed by atoms with E-state index in [1.165, 1.54) is 50.5 Å². The zero-order valence-electron chi connectivity index (χ0n) is 18.9. The fourth-order valence-electron chi connectivity index (χ4n) is 4.30. The smallest absolute Gasteiger partial charge is 0.224 e. The molecule has 1 saturated carbocycles. The quantitative estimate of drug-likeness (QED) is 0.566. The van der Waals surface area contributed by atoms with Crippen LogP contribution in [0.25, 0.3) is 0 Å². The first-order valence-corrected chi connectivity index (χ1v) is 12.1. The van der Waals surface area contributed by atoms with Crippen LogP contribution >= 0.6 is 0 Å². The molecule has 2 aliphatic heterocycles. The summed E-state index contributed by atoms with van der Waals surface area (Å²) in [6, 6.07) is 6.10. The Balaban J connectivity index is 0.000000317. The molecule has 3 aliphatic rings. The first kappa shape index (κ1) is 23.7. The number of rotatable bonds is 4. The van der Waals surface area contributed by atoms with Crippen LogP contribution in [-0.2, 0) is 9.53 Å². The minimum atomic E-state index is 0.0988. The molecule has 2 fully saturated rings. The Morgan fingerprint density at radius 1 is 1.10 bits per heavy atom. The van der Waals surface area contributed by atoms with E-state index in [0.29, 0.717) is 12.3 Å². The van der Waals surface area contributed by atoms with Gasteiger partial charge in [0.05, 0.1) is 6.10 Å². The van der Waals surface area contributed by atoms with Crippen LogP contribution in [0, 0.1) is 5.92 Å². The molecule has 1 aromatic carbocycles. The van der Waals surface area contributed by atoms with Crippen LogP contribution in [-0.4, -0.2) is 19.1 Å². The van der Waals surface area contributed by atoms with Crippen molar-refractivity contribution in [1.82, 2.24) is 0 Å². The summed E-state index contributed by atoms with van der Waals surface area (Å²) in [4.78, 5) is 11.9. The lowest BCUT2D eigenvalue weighted by molar-refractivity contribution is -0.116. The van der Waals surface area contributed by atoms with E-state index in [-0.39, 0.29) is 12.0 Å². The number of fused-ring (bicyclic) bond motifs is 3. The van der Waals surface area contributed by atoms with Crippen LogP contribution in [0.15, 0.2) is 18.2 Å². The molecule has 0 radical (unpaired) electrons. The molecule has 4 nitrogen and oxygen atoms in total. The van der Waals surface area contributed by atoms with Gasteiger partial charge in [-0.2, -0.15) is 0 Å². The third-order valence-electron chi connectivity index (χ3n) is 5.90. The average molecular weight is 403 g/mol. The Labute approximate surface area is 178 Å². The number of unbranched alkanes of at least 4 members (excludes halogenated alkanes) is 1. The van der Waals surface area contributed by atoms with E-state index >= 15 is 0 Å². The number of carbonyl (C=O) groups is 1. The second-order valence-electron chi connectivity index (χ2n) is 8.15. The molecule has 4 heteroatoms. The van der Waals surface area contributed by atoms with E-state index in [1.54, 1.807) is 0 Å². The van der Waals surface area contributed by atoms with E-state index in [4.69, 9.17) is 4.74 Å². The molecule has 29 heavy (non-hydrogen) atoms. The highest BCUT2D eigenvalue weighted by molar-refractivity contribution is 5.91. The third kappa shape index (κ3) is 7.65. The van der Waals surface area contributed by atoms with Gasteiger partial charge in [0.15, 0.2) is 0 Å². The van der Waals surface area contributed by atoms with Crippen molar-refractivity contribution >= 4 is 17.3 Å². The molecule has 164 valence electrons. The van der Waals surface area contributed by atoms with E-state index in [1.807, 2.05) is 19.9 Å². The SMILES string of the molecule is C1CCCCC1.CC.CCCCC(=O)Nc1ccc2c(c1)C1OCCCC1CN2. The summed E-state index contributed by atoms with van der Waals surface area (Å²) in [6.45, 7) is 7.92. The van der Waals surface area contributed by atoms with E-state index < -0.39 is 0 Å². The van der Waals surface area contributed by atoms with Gasteiger partial charge in [-0.05, 0) is 37.5 Å². The number of anilines is 2. The highest BCUT2D eigenvalue weighted by Crippen LogP contribution is 2.41. The van der Waals surface area contributed by atoms with Gasteiger partial charge >= 0.3 is 0 Å². The number of nitrogens with one attached hydrogen (secondary N) is 2. The number of carbonyl (C=O) groups excluding carboxylic acids is 1. The maximum absolute atomic E-state index is 11.9. The number of amides is 1. The van der Waals surface area contributed by atoms with Crippen LogP contribution in [0.5, 0.6) is 0 Å². The molecule has 1 aromatic rings. The average Bonchev–Trinajstić information content (AvgIpc) is 2.80. The van der Waals surface area contributed by atoms with Gasteiger partial charge < -0.3 is 15.4 Å². The van der Waals surface area contributed by atoms with Gasteiger partial charge in [-0.3, -0.25) is 4.79 Å². The number of ether oxygens (including phenoxy) is 1. The Morgan fingerprint density at radius 2 is 1.79 bits per heavy atom. The van der Waals surface area contributed by atoms with Gasteiger partial charge in [0, 0.05) is 42.4 Å². The van der Waals surface area contributed by atoms with Gasteiger partial charge in [-0.25, -0.2) is 0 Å². The summed E-state index contributed by atoms with van der Waals surface area (Å²) >= 11 is 0. The maximum Gasteiger partial charge on any atom is 0.224 e. The van der Waals surface area contributed by atoms with E-state index in [9.17, 15) is 4.79 Å². The first-order valence-electron chi connectivity index (χ1n) is 12.1. The van der Waals surface area contributed by atoms with Gasteiger partial charge in [-0.15, -0.1) is 0 Å². The van der Waals surface area contributed by atoms with Crippen molar-refractivity contribution in [2.45, 2.75) is 97.5 Å². The first-order chi connectivity index (χ1) is 14.3. The van der Waals surface area contributed by atoms with Gasteiger partial charge in [-0.1, -0.05) is 65.7 Å². The molecule has 0 spiro atoms. The topological polar surface area (TPSA) is 50.4 Å². The normalized spacial score (nSPS) is 22.3. The third-order valence-corrected chi connectivity index (χ3v) is 5.90. The Bertz CT molecular complexity index is 587. The van der Waals surface area contributed by atoms with Crippen LogP contribution in [0.1, 0.15) is 103 Å². The summed E-state index contributed by atoms with van der Waals surface area (Å²) in [6.07, 6.45) is 14.1. The summed E-state index contributed by atoms with van der Waals surface area (Å²) < 4.78 is 5.98. The molecule has 2 heterocycles. The van der Waals surface area contributed by atoms with Crippen molar-refractivity contribution in [3.63, 3.8) is 0 Å². The summed E-state index contributed by atoms with van der Waals surface area (Å²) in [5, 5.41) is 6.48. The Morgan fingerprint density at radius 3 is 2.45 bits per heavy atom. The van der Waals surface area contributed by atoms with Crippen LogP contribution < -0.4 is 10.6 Å². The lowest BCUT2D eigenvalue weighted by atomic mass is 9.85. The fraction of sp³-hybridized carbons (Fsp3) is 0.720. The molecule has 1 aliphatic carbocycles. The van der Waals surface area contributed by atoms with Crippen molar-refractivity contribution in [2.75, 3.05) is 23.8 Å². The molecule has 0 bridgehead atoms. The van der Waals surface area contributed by atoms with Gasteiger partial charge in [0.2, 0.25) is 5.91 Å². The molecule has 1 amide bonds. The molecular formula is C25H42N2O2. The lowest BCUT2D eigenvalue weighted by Gasteiger charge is -2.37. The standard InChI is InChI=1S/C17H24N2O2.C6H12.C2H6/c1-2-3-6-16(20)19-13-7-8-15-14(10-13)17-12(11-18-15)5-4-9-21-17;1-2-4-6-5-3-1;1-2/h7-8,10,12,17-18H,2-6,9,11H2,1H3,(H,19,20);1-6H2;1-2H3. The predicted molar refractivity (Wildman–Crippen MR) is 124 cm³/mol. The highest BCUT2D eigenvalue weighted by Gasteiger charge is 2.32. The lowest BCUT2D eigenvalue weighted by Crippen LogP contribution is -2.33. The van der Waals surface area contributed by atoms with E-state index in [0.717, 1.165) is 43.8 Å². The summed E-state index contributed by atoms with van der Waals surface area (Å²) in [5.41, 5.74) is 3.22. The number of benzene rings is 1. The minimum absolute atomic E-state index is 0.0988. The van der Waals surface area contributed by atoms with Crippen molar-refractivity contribution in [1.29, 1.82) is 0 Å². The minimum Gasteiger partial charge on any atom is -0.384 e. The predicted octanol–water partition coefficient (Wildman–Crippen LogP) is 7.08. The van der Waals surface area contributed by atoms with Gasteiger partial charge in [0.1, 0.15) is 0 Å². The maximum atomic E-state index is 11.9. The molecule has 4 rings (SSSR count). The second kappa shape index (κ2) is 13.6. The Hall–Kier alpha value is -1.55. The fourth-order valence-corrected chi connectivity index (χ4v) is 4.30. The zero-order chi connectivity index (χ0) is 20.9. The van der Waals surface area contributed by atoms with Crippen molar-refractivity contribution in [2.24, 2.45) is 5.92 Å². The molecule has 2 N–H and O–H groups in total. The van der Waals surface area contributed by atoms with Crippen molar-refractivity contribution in [3.8, 4) is 0 Å². The largest absolute Gasteiger partial charge is 0.384 e. The molecular weight excluding hydrogens is 360 g/mol. The zero-order valence-corrected chi connectivity index (χ0v) is 18.9. The monoisotopic (exact) mass is 402 g/mol. The number of hydrogen-bond donors (Lipinski definition) is 2.